The van der Waals surface area contributed by atoms with Crippen LogP contribution in [0.5, 0.6) is 5.75 Å². The maximum Gasteiger partial charge on any atom is 0.416 e. The van der Waals surface area contributed by atoms with Gasteiger partial charge in [0, 0.05) is 36.7 Å². The van der Waals surface area contributed by atoms with Crippen LogP contribution >= 0.6 is 15.9 Å². The van der Waals surface area contributed by atoms with Crippen LogP contribution in [-0.2, 0) is 6.18 Å². The molecular weight excluding hydrogens is 483 g/mol. The maximum absolute atomic E-state index is 13.0. The van der Waals surface area contributed by atoms with E-state index in [1.807, 2.05) is 13.0 Å². The van der Waals surface area contributed by atoms with E-state index < -0.39 is 22.4 Å². The Kier molecular flexibility index (Phi) is 6.44. The Bertz CT molecular complexity index is 1020. The number of anilines is 1. The lowest BCUT2D eigenvalue weighted by atomic mass is 10.1. The second-order valence-electron chi connectivity index (χ2n) is 7.04. The van der Waals surface area contributed by atoms with E-state index in [0.29, 0.717) is 17.4 Å². The lowest BCUT2D eigenvalue weighted by molar-refractivity contribution is -0.384. The Morgan fingerprint density at radius 2 is 1.81 bits per heavy atom. The van der Waals surface area contributed by atoms with E-state index in [1.165, 1.54) is 7.11 Å². The van der Waals surface area contributed by atoms with Gasteiger partial charge in [-0.15, -0.1) is 0 Å². The number of carbonyl (C=O) groups is 1. The molecule has 0 aromatic heterocycles. The van der Waals surface area contributed by atoms with Crippen LogP contribution in [0, 0.1) is 17.0 Å². The highest BCUT2D eigenvalue weighted by Crippen LogP contribution is 2.37. The van der Waals surface area contributed by atoms with Gasteiger partial charge < -0.3 is 14.5 Å². The highest BCUT2D eigenvalue weighted by molar-refractivity contribution is 9.10. The third-order valence-corrected chi connectivity index (χ3v) is 5.54. The average Bonchev–Trinajstić information content (AvgIpc) is 2.71. The number of methoxy groups -OCH3 is 1. The first-order valence-corrected chi connectivity index (χ1v) is 10.1. The molecule has 3 rings (SSSR count). The molecule has 31 heavy (non-hydrogen) atoms. The Hall–Kier alpha value is -2.82. The number of nitro benzene ring substituents is 1. The fourth-order valence-corrected chi connectivity index (χ4v) is 4.17. The first-order valence-electron chi connectivity index (χ1n) is 9.27. The first-order chi connectivity index (χ1) is 14.5. The van der Waals surface area contributed by atoms with Crippen molar-refractivity contribution in [2.75, 3.05) is 38.2 Å². The average molecular weight is 502 g/mol. The summed E-state index contributed by atoms with van der Waals surface area (Å²) in [6.45, 7) is 2.82. The quantitative estimate of drug-likeness (QED) is 0.450. The van der Waals surface area contributed by atoms with E-state index in [0.717, 1.165) is 22.2 Å². The molecule has 7 nitrogen and oxygen atoms in total. The van der Waals surface area contributed by atoms with Gasteiger partial charge in [-0.1, -0.05) is 15.9 Å². The number of amides is 1. The number of nitro groups is 1. The smallest absolute Gasteiger partial charge is 0.416 e. The molecular formula is C20H19BrF3N3O4. The second kappa shape index (κ2) is 8.74. The van der Waals surface area contributed by atoms with Crippen molar-refractivity contribution < 1.29 is 27.6 Å². The molecule has 0 bridgehead atoms. The minimum absolute atomic E-state index is 0.0981. The van der Waals surface area contributed by atoms with Crippen LogP contribution in [0.1, 0.15) is 21.5 Å². The zero-order valence-corrected chi connectivity index (χ0v) is 18.3. The molecule has 0 aliphatic carbocycles. The highest BCUT2D eigenvalue weighted by Gasteiger charge is 2.34. The zero-order valence-electron chi connectivity index (χ0n) is 16.7. The Morgan fingerprint density at radius 1 is 1.16 bits per heavy atom. The third-order valence-electron chi connectivity index (χ3n) is 5.08. The number of alkyl halides is 3. The second-order valence-corrected chi connectivity index (χ2v) is 7.96. The summed E-state index contributed by atoms with van der Waals surface area (Å²) in [7, 11) is 1.48. The van der Waals surface area contributed by atoms with Crippen LogP contribution < -0.4 is 9.64 Å². The third kappa shape index (κ3) is 4.76. The number of piperazine rings is 1. The summed E-state index contributed by atoms with van der Waals surface area (Å²) >= 11 is 3.37. The van der Waals surface area contributed by atoms with Gasteiger partial charge >= 0.3 is 6.18 Å². The van der Waals surface area contributed by atoms with Crippen molar-refractivity contribution in [3.05, 3.63) is 61.6 Å². The zero-order chi connectivity index (χ0) is 22.9. The summed E-state index contributed by atoms with van der Waals surface area (Å²) in [5.41, 5.74) is -0.406. The van der Waals surface area contributed by atoms with Crippen molar-refractivity contribution in [2.45, 2.75) is 13.1 Å². The van der Waals surface area contributed by atoms with E-state index in [9.17, 15) is 28.1 Å². The normalized spacial score (nSPS) is 14.5. The number of ether oxygens (including phenoxy) is 1. The first kappa shape index (κ1) is 22.9. The van der Waals surface area contributed by atoms with E-state index >= 15 is 0 Å². The number of halogens is 4. The van der Waals surface area contributed by atoms with Crippen molar-refractivity contribution in [3.8, 4) is 5.75 Å². The van der Waals surface area contributed by atoms with Crippen LogP contribution in [0.25, 0.3) is 0 Å². The van der Waals surface area contributed by atoms with Gasteiger partial charge in [0.2, 0.25) is 0 Å². The van der Waals surface area contributed by atoms with Crippen molar-refractivity contribution in [1.82, 2.24) is 4.90 Å². The van der Waals surface area contributed by atoms with Gasteiger partial charge in [-0.3, -0.25) is 14.9 Å². The van der Waals surface area contributed by atoms with Gasteiger partial charge in [0.05, 0.1) is 23.2 Å². The van der Waals surface area contributed by atoms with Crippen molar-refractivity contribution in [1.29, 1.82) is 0 Å². The molecule has 2 aromatic carbocycles. The number of carbonyl (C=O) groups excluding carboxylic acids is 1. The Labute approximate surface area is 184 Å². The summed E-state index contributed by atoms with van der Waals surface area (Å²) in [5.74, 6) is 0.219. The number of hydrogen-bond donors (Lipinski definition) is 0. The summed E-state index contributed by atoms with van der Waals surface area (Å²) in [6.07, 6.45) is -4.67. The van der Waals surface area contributed by atoms with E-state index in [2.05, 4.69) is 15.9 Å². The fraction of sp³-hybridized carbons (Fsp3) is 0.350. The number of hydrogen-bond acceptors (Lipinski definition) is 5. The monoisotopic (exact) mass is 501 g/mol. The molecule has 0 unspecified atom stereocenters. The summed E-state index contributed by atoms with van der Waals surface area (Å²) in [5, 5.41) is 11.4. The molecule has 0 radical (unpaired) electrons. The molecule has 0 N–H and O–H groups in total. The predicted molar refractivity (Wildman–Crippen MR) is 112 cm³/mol. The van der Waals surface area contributed by atoms with Gasteiger partial charge in [0.15, 0.2) is 0 Å². The molecule has 11 heteroatoms. The molecule has 0 spiro atoms. The largest absolute Gasteiger partial charge is 0.496 e. The molecule has 1 amide bonds. The number of benzene rings is 2. The van der Waals surface area contributed by atoms with Crippen LogP contribution in [0.4, 0.5) is 24.5 Å². The Balaban J connectivity index is 1.80. The summed E-state index contributed by atoms with van der Waals surface area (Å²) < 4.78 is 44.9. The molecule has 1 fully saturated rings. The van der Waals surface area contributed by atoms with E-state index in [1.54, 1.807) is 15.9 Å². The van der Waals surface area contributed by atoms with Crippen LogP contribution in [0.3, 0.4) is 0 Å². The standard InChI is InChI=1S/C20H19BrF3N3O4/c1-12-9-14(21)11-15(18(12)31-2)19(28)26-7-5-25(6-8-26)16-4-3-13(20(22,23)24)10-17(16)27(29)30/h3-4,9-11H,5-8H2,1-2H3. The molecule has 166 valence electrons. The fourth-order valence-electron chi connectivity index (χ4n) is 3.59. The minimum atomic E-state index is -4.67. The predicted octanol–water partition coefficient (Wildman–Crippen LogP) is 4.66. The van der Waals surface area contributed by atoms with Crippen LogP contribution in [-0.4, -0.2) is 49.0 Å². The number of aryl methyl sites for hydroxylation is 1. The summed E-state index contributed by atoms with van der Waals surface area (Å²) in [6, 6.07) is 5.98. The van der Waals surface area contributed by atoms with Crippen molar-refractivity contribution in [3.63, 3.8) is 0 Å². The van der Waals surface area contributed by atoms with Crippen LogP contribution in [0.15, 0.2) is 34.8 Å². The van der Waals surface area contributed by atoms with Crippen LogP contribution in [0.2, 0.25) is 0 Å². The van der Waals surface area contributed by atoms with E-state index in [4.69, 9.17) is 4.74 Å². The lowest BCUT2D eigenvalue weighted by Crippen LogP contribution is -2.49. The maximum atomic E-state index is 13.0. The Morgan fingerprint density at radius 3 is 2.35 bits per heavy atom. The van der Waals surface area contributed by atoms with Crippen molar-refractivity contribution >= 4 is 33.2 Å². The summed E-state index contributed by atoms with van der Waals surface area (Å²) in [4.78, 5) is 26.8. The highest BCUT2D eigenvalue weighted by atomic mass is 79.9. The molecule has 1 saturated heterocycles. The molecule has 1 aliphatic rings. The number of rotatable bonds is 4. The van der Waals surface area contributed by atoms with Gasteiger partial charge in [0.25, 0.3) is 11.6 Å². The SMILES string of the molecule is COc1c(C)cc(Br)cc1C(=O)N1CCN(c2ccc(C(F)(F)F)cc2[N+](=O)[O-])CC1. The minimum Gasteiger partial charge on any atom is -0.496 e. The van der Waals surface area contributed by atoms with Crippen molar-refractivity contribution in [2.24, 2.45) is 0 Å². The molecule has 0 saturated carbocycles. The molecule has 0 atom stereocenters. The molecule has 2 aromatic rings. The lowest BCUT2D eigenvalue weighted by Gasteiger charge is -2.36. The topological polar surface area (TPSA) is 75.9 Å². The molecule has 1 heterocycles. The molecule has 1 aliphatic heterocycles. The van der Waals surface area contributed by atoms with Gasteiger partial charge in [0.1, 0.15) is 11.4 Å². The van der Waals surface area contributed by atoms with Gasteiger partial charge in [-0.2, -0.15) is 13.2 Å². The van der Waals surface area contributed by atoms with E-state index in [-0.39, 0.29) is 37.8 Å². The number of nitrogens with zero attached hydrogens (tertiary/aromatic N) is 3. The van der Waals surface area contributed by atoms with Gasteiger partial charge in [-0.05, 0) is 36.8 Å². The van der Waals surface area contributed by atoms with Gasteiger partial charge in [-0.25, -0.2) is 0 Å².